The summed E-state index contributed by atoms with van der Waals surface area (Å²) in [7, 11) is 4.06. The van der Waals surface area contributed by atoms with E-state index in [2.05, 4.69) is 16.0 Å². The molecule has 0 aliphatic heterocycles. The number of benzene rings is 2. The van der Waals surface area contributed by atoms with Crippen molar-refractivity contribution in [3.63, 3.8) is 0 Å². The van der Waals surface area contributed by atoms with E-state index in [-0.39, 0.29) is 5.78 Å². The van der Waals surface area contributed by atoms with Gasteiger partial charge < -0.3 is 14.6 Å². The lowest BCUT2D eigenvalue weighted by atomic mass is 10.1. The Labute approximate surface area is 142 Å². The number of ketones is 1. The van der Waals surface area contributed by atoms with Gasteiger partial charge in [-0.15, -0.1) is 0 Å². The fourth-order valence-corrected chi connectivity index (χ4v) is 2.58. The van der Waals surface area contributed by atoms with E-state index in [1.807, 2.05) is 56.6 Å². The first-order valence-electron chi connectivity index (χ1n) is 8.04. The molecule has 3 aromatic rings. The Hall–Kier alpha value is -2.59. The Balaban J connectivity index is 1.78. The number of aromatic nitrogens is 1. The third kappa shape index (κ3) is 3.66. The van der Waals surface area contributed by atoms with Crippen molar-refractivity contribution in [2.75, 3.05) is 27.2 Å². The zero-order chi connectivity index (χ0) is 17.1. The van der Waals surface area contributed by atoms with Gasteiger partial charge in [0.15, 0.2) is 5.78 Å². The smallest absolute Gasteiger partial charge is 0.159 e. The maximum absolute atomic E-state index is 11.5. The summed E-state index contributed by atoms with van der Waals surface area (Å²) in [5, 5.41) is 1.05. The van der Waals surface area contributed by atoms with E-state index in [1.165, 1.54) is 0 Å². The summed E-state index contributed by atoms with van der Waals surface area (Å²) in [6, 6.07) is 15.9. The number of ether oxygens (including phenoxy) is 1. The van der Waals surface area contributed by atoms with E-state index in [4.69, 9.17) is 4.74 Å². The van der Waals surface area contributed by atoms with Gasteiger partial charge in [-0.25, -0.2) is 0 Å². The van der Waals surface area contributed by atoms with Crippen LogP contribution >= 0.6 is 0 Å². The topological polar surface area (TPSA) is 45.3 Å². The van der Waals surface area contributed by atoms with Crippen LogP contribution < -0.4 is 4.74 Å². The molecule has 0 bridgehead atoms. The predicted molar refractivity (Wildman–Crippen MR) is 97.8 cm³/mol. The van der Waals surface area contributed by atoms with Gasteiger partial charge in [0.2, 0.25) is 0 Å². The lowest BCUT2D eigenvalue weighted by Gasteiger charge is -2.11. The van der Waals surface area contributed by atoms with E-state index in [0.29, 0.717) is 6.61 Å². The van der Waals surface area contributed by atoms with Crippen LogP contribution in [-0.4, -0.2) is 42.9 Å². The van der Waals surface area contributed by atoms with Crippen LogP contribution in [-0.2, 0) is 0 Å². The minimum Gasteiger partial charge on any atom is -0.492 e. The van der Waals surface area contributed by atoms with Gasteiger partial charge >= 0.3 is 0 Å². The molecule has 0 saturated heterocycles. The van der Waals surface area contributed by atoms with Crippen LogP contribution in [0.15, 0.2) is 48.5 Å². The summed E-state index contributed by atoms with van der Waals surface area (Å²) in [6.07, 6.45) is 0. The second-order valence-electron chi connectivity index (χ2n) is 6.22. The van der Waals surface area contributed by atoms with Gasteiger partial charge in [-0.05, 0) is 75.1 Å². The van der Waals surface area contributed by atoms with E-state index in [0.717, 1.165) is 40.0 Å². The van der Waals surface area contributed by atoms with Gasteiger partial charge in [0.25, 0.3) is 0 Å². The SMILES string of the molecule is CC(=O)c1ccc2[nH]c(-c3ccc(OCCN(C)C)cc3)cc2c1. The largest absolute Gasteiger partial charge is 0.492 e. The number of carbonyl (C=O) groups is 1. The highest BCUT2D eigenvalue weighted by atomic mass is 16.5. The minimum atomic E-state index is 0.0823. The highest BCUT2D eigenvalue weighted by Crippen LogP contribution is 2.26. The number of hydrogen-bond donors (Lipinski definition) is 1. The maximum Gasteiger partial charge on any atom is 0.159 e. The van der Waals surface area contributed by atoms with E-state index >= 15 is 0 Å². The summed E-state index contributed by atoms with van der Waals surface area (Å²) in [4.78, 5) is 17.0. The first kappa shape index (κ1) is 16.3. The molecule has 0 amide bonds. The van der Waals surface area contributed by atoms with Gasteiger partial charge in [-0.2, -0.15) is 0 Å². The summed E-state index contributed by atoms with van der Waals surface area (Å²) in [6.45, 7) is 3.15. The van der Waals surface area contributed by atoms with Gasteiger partial charge in [0.1, 0.15) is 12.4 Å². The zero-order valence-corrected chi connectivity index (χ0v) is 14.3. The van der Waals surface area contributed by atoms with Crippen LogP contribution in [0.2, 0.25) is 0 Å². The molecule has 0 aliphatic rings. The molecule has 3 rings (SSSR count). The number of nitrogens with one attached hydrogen (secondary N) is 1. The Bertz CT molecular complexity index is 848. The number of hydrogen-bond acceptors (Lipinski definition) is 3. The quantitative estimate of drug-likeness (QED) is 0.698. The number of nitrogens with zero attached hydrogens (tertiary/aromatic N) is 1. The van der Waals surface area contributed by atoms with Crippen molar-refractivity contribution in [3.05, 3.63) is 54.1 Å². The van der Waals surface area contributed by atoms with Crippen molar-refractivity contribution in [2.45, 2.75) is 6.92 Å². The summed E-state index contributed by atoms with van der Waals surface area (Å²) < 4.78 is 5.72. The van der Waals surface area contributed by atoms with Crippen molar-refractivity contribution >= 4 is 16.7 Å². The molecule has 0 aliphatic carbocycles. The molecular weight excluding hydrogens is 300 g/mol. The second-order valence-corrected chi connectivity index (χ2v) is 6.22. The summed E-state index contributed by atoms with van der Waals surface area (Å²) in [5.41, 5.74) is 3.89. The lowest BCUT2D eigenvalue weighted by molar-refractivity contribution is 0.101. The van der Waals surface area contributed by atoms with Crippen molar-refractivity contribution in [1.29, 1.82) is 0 Å². The molecule has 4 heteroatoms. The minimum absolute atomic E-state index is 0.0823. The van der Waals surface area contributed by atoms with E-state index in [1.54, 1.807) is 6.92 Å². The molecule has 24 heavy (non-hydrogen) atoms. The van der Waals surface area contributed by atoms with Crippen LogP contribution in [0, 0.1) is 0 Å². The Morgan fingerprint density at radius 1 is 1.08 bits per heavy atom. The fourth-order valence-electron chi connectivity index (χ4n) is 2.58. The zero-order valence-electron chi connectivity index (χ0n) is 14.3. The third-order valence-corrected chi connectivity index (χ3v) is 4.00. The number of H-pyrrole nitrogens is 1. The van der Waals surface area contributed by atoms with Gasteiger partial charge in [-0.3, -0.25) is 4.79 Å². The molecule has 4 nitrogen and oxygen atoms in total. The first-order valence-corrected chi connectivity index (χ1v) is 8.04. The average molecular weight is 322 g/mol. The molecule has 124 valence electrons. The molecule has 1 N–H and O–H groups in total. The Kier molecular flexibility index (Phi) is 4.67. The number of fused-ring (bicyclic) bond motifs is 1. The fraction of sp³-hybridized carbons (Fsp3) is 0.250. The average Bonchev–Trinajstić information content (AvgIpc) is 2.98. The third-order valence-electron chi connectivity index (χ3n) is 4.00. The van der Waals surface area contributed by atoms with Crippen LogP contribution in [0.1, 0.15) is 17.3 Å². The molecule has 0 atom stereocenters. The van der Waals surface area contributed by atoms with Crippen LogP contribution in [0.3, 0.4) is 0 Å². The molecule has 0 radical (unpaired) electrons. The number of Topliss-reactive ketones (excluding diaryl/α,β-unsaturated/α-hetero) is 1. The normalized spacial score (nSPS) is 11.2. The van der Waals surface area contributed by atoms with Gasteiger partial charge in [0.05, 0.1) is 0 Å². The molecule has 1 heterocycles. The Morgan fingerprint density at radius 3 is 2.50 bits per heavy atom. The van der Waals surface area contributed by atoms with E-state index in [9.17, 15) is 4.79 Å². The number of likely N-dealkylation sites (N-methyl/N-ethyl adjacent to an activating group) is 1. The summed E-state index contributed by atoms with van der Waals surface area (Å²) in [5.74, 6) is 0.953. The monoisotopic (exact) mass is 322 g/mol. The summed E-state index contributed by atoms with van der Waals surface area (Å²) >= 11 is 0. The predicted octanol–water partition coefficient (Wildman–Crippen LogP) is 3.98. The highest BCUT2D eigenvalue weighted by molar-refractivity contribution is 5.98. The second kappa shape index (κ2) is 6.89. The van der Waals surface area contributed by atoms with Crippen LogP contribution in [0.5, 0.6) is 5.75 Å². The molecule has 2 aromatic carbocycles. The van der Waals surface area contributed by atoms with Crippen molar-refractivity contribution in [3.8, 4) is 17.0 Å². The molecule has 0 fully saturated rings. The van der Waals surface area contributed by atoms with Crippen LogP contribution in [0.25, 0.3) is 22.2 Å². The molecule has 0 unspecified atom stereocenters. The number of rotatable bonds is 6. The molecular formula is C20H22N2O2. The lowest BCUT2D eigenvalue weighted by Crippen LogP contribution is -2.19. The molecule has 0 saturated carbocycles. The Morgan fingerprint density at radius 2 is 1.83 bits per heavy atom. The number of aromatic amines is 1. The van der Waals surface area contributed by atoms with Gasteiger partial charge in [0, 0.05) is 28.7 Å². The van der Waals surface area contributed by atoms with E-state index < -0.39 is 0 Å². The highest BCUT2D eigenvalue weighted by Gasteiger charge is 2.06. The van der Waals surface area contributed by atoms with Crippen molar-refractivity contribution in [1.82, 2.24) is 9.88 Å². The van der Waals surface area contributed by atoms with Gasteiger partial charge in [-0.1, -0.05) is 0 Å². The molecule has 0 spiro atoms. The first-order chi connectivity index (χ1) is 11.5. The molecule has 1 aromatic heterocycles. The van der Waals surface area contributed by atoms with Crippen molar-refractivity contribution in [2.24, 2.45) is 0 Å². The maximum atomic E-state index is 11.5. The number of carbonyl (C=O) groups excluding carboxylic acids is 1. The van der Waals surface area contributed by atoms with Crippen LogP contribution in [0.4, 0.5) is 0 Å². The van der Waals surface area contributed by atoms with Crippen molar-refractivity contribution < 1.29 is 9.53 Å². The standard InChI is InChI=1S/C20H22N2O2/c1-14(23)16-6-9-19-17(12-16)13-20(21-19)15-4-7-18(8-5-15)24-11-10-22(2)3/h4-9,12-13,21H,10-11H2,1-3H3.